The maximum absolute atomic E-state index is 15.3. The van der Waals surface area contributed by atoms with Gasteiger partial charge in [0.25, 0.3) is 0 Å². The van der Waals surface area contributed by atoms with Gasteiger partial charge < -0.3 is 9.84 Å². The van der Waals surface area contributed by atoms with Crippen molar-refractivity contribution in [1.82, 2.24) is 13.9 Å². The van der Waals surface area contributed by atoms with Crippen molar-refractivity contribution in [3.63, 3.8) is 0 Å². The Labute approximate surface area is 279 Å². The summed E-state index contributed by atoms with van der Waals surface area (Å²) in [6.07, 6.45) is 1.90. The molecule has 0 radical (unpaired) electrons. The van der Waals surface area contributed by atoms with Gasteiger partial charge in [-0.15, -0.1) is 0 Å². The van der Waals surface area contributed by atoms with E-state index in [1.165, 1.54) is 21.4 Å². The maximum atomic E-state index is 15.3. The normalized spacial score (nSPS) is 22.9. The van der Waals surface area contributed by atoms with Gasteiger partial charge in [-0.2, -0.15) is 0 Å². The third-order valence-electron chi connectivity index (χ3n) is 10.0. The molecule has 4 unspecified atom stereocenters. The molecule has 2 amide bonds. The largest absolute Gasteiger partial charge is 0.504 e. The van der Waals surface area contributed by atoms with Crippen LogP contribution in [0.3, 0.4) is 0 Å². The van der Waals surface area contributed by atoms with Crippen LogP contribution in [-0.2, 0) is 21.5 Å². The van der Waals surface area contributed by atoms with Crippen molar-refractivity contribution in [3.8, 4) is 17.2 Å². The van der Waals surface area contributed by atoms with Crippen LogP contribution in [0.4, 0.5) is 5.69 Å². The number of rotatable bonds is 5. The monoisotopic (exact) mass is 660 g/mol. The smallest absolute Gasteiger partial charge is 0.352 e. The van der Waals surface area contributed by atoms with Crippen molar-refractivity contribution < 1.29 is 19.4 Å². The summed E-state index contributed by atoms with van der Waals surface area (Å²) >= 11 is 6.36. The van der Waals surface area contributed by atoms with E-state index >= 15 is 4.79 Å². The highest BCUT2D eigenvalue weighted by atomic mass is 35.5. The van der Waals surface area contributed by atoms with Crippen LogP contribution in [0.2, 0.25) is 5.02 Å². The van der Waals surface area contributed by atoms with Crippen LogP contribution in [0.5, 0.6) is 11.5 Å². The van der Waals surface area contributed by atoms with Crippen molar-refractivity contribution in [1.29, 1.82) is 0 Å². The van der Waals surface area contributed by atoms with Crippen LogP contribution >= 0.6 is 11.6 Å². The number of ether oxygens (including phenoxy) is 1. The Hall–Kier alpha value is -5.61. The fraction of sp³-hybridized carbons (Fsp3) is 0.189. The number of carbonyl (C=O) groups is 2. The molecule has 0 spiro atoms. The average molecular weight is 661 g/mol. The molecule has 1 N–H and O–H groups in total. The standard InChI is InChI=1S/C37H29ClN4O6/c1-48-30-17-9-16-27(32(30)43)31-26-18-19-39-35(46)41(24-13-6-3-7-14-24)36(47)42(39)29(26)21-28-33(44)40(25-15-8-12-23(38)20-25)34(45)37(28,31)22-10-4-2-5-11-22/h2-18,20,28-29,31,43H,19,21H2,1H3. The maximum Gasteiger partial charge on any atom is 0.352 e. The number of allylic oxidation sites excluding steroid dienone is 2. The van der Waals surface area contributed by atoms with Crippen LogP contribution in [0.25, 0.3) is 5.69 Å². The van der Waals surface area contributed by atoms with Gasteiger partial charge in [0.15, 0.2) is 11.5 Å². The molecule has 3 aliphatic rings. The topological polar surface area (TPSA) is 116 Å². The Morgan fingerprint density at radius 3 is 2.23 bits per heavy atom. The summed E-state index contributed by atoms with van der Waals surface area (Å²) in [5.41, 5.74) is -0.305. The summed E-state index contributed by atoms with van der Waals surface area (Å²) in [6, 6.07) is 28.6. The lowest BCUT2D eigenvalue weighted by atomic mass is 9.53. The first kappa shape index (κ1) is 29.8. The number of hydrogen-bond donors (Lipinski definition) is 1. The van der Waals surface area contributed by atoms with Crippen molar-refractivity contribution in [3.05, 3.63) is 152 Å². The molecule has 2 fully saturated rings. The zero-order valence-corrected chi connectivity index (χ0v) is 26.4. The lowest BCUT2D eigenvalue weighted by Crippen LogP contribution is -2.53. The number of phenolic OH excluding ortho intramolecular Hbond substituents is 1. The van der Waals surface area contributed by atoms with Gasteiger partial charge in [-0.3, -0.25) is 9.59 Å². The first-order chi connectivity index (χ1) is 23.3. The minimum Gasteiger partial charge on any atom is -0.504 e. The van der Waals surface area contributed by atoms with Gasteiger partial charge in [0.1, 0.15) is 0 Å². The third kappa shape index (κ3) is 3.99. The Morgan fingerprint density at radius 1 is 0.833 bits per heavy atom. The first-order valence-corrected chi connectivity index (χ1v) is 15.9. The molecule has 0 bridgehead atoms. The van der Waals surface area contributed by atoms with Crippen molar-refractivity contribution >= 4 is 29.1 Å². The predicted octanol–water partition coefficient (Wildman–Crippen LogP) is 4.96. The van der Waals surface area contributed by atoms with E-state index < -0.39 is 46.5 Å². The van der Waals surface area contributed by atoms with Crippen LogP contribution < -0.4 is 21.0 Å². The van der Waals surface area contributed by atoms with Gasteiger partial charge in [-0.25, -0.2) is 28.4 Å². The highest BCUT2D eigenvalue weighted by Crippen LogP contribution is 2.63. The van der Waals surface area contributed by atoms with Gasteiger partial charge >= 0.3 is 11.4 Å². The molecule has 2 aliphatic heterocycles. The van der Waals surface area contributed by atoms with E-state index in [2.05, 4.69) is 0 Å². The molecule has 8 rings (SSSR count). The first-order valence-electron chi connectivity index (χ1n) is 15.5. The van der Waals surface area contributed by atoms with E-state index in [0.29, 0.717) is 33.1 Å². The SMILES string of the molecule is COc1cccc(C2C3=CCn4c(=O)n(-c5ccccc5)c(=O)n4C3CC3C(=O)N(c4cccc(Cl)c4)C(=O)C32c2ccccc2)c1O. The summed E-state index contributed by atoms with van der Waals surface area (Å²) in [7, 11) is 1.44. The number of carbonyl (C=O) groups excluding carboxylic acids is 2. The van der Waals surface area contributed by atoms with Gasteiger partial charge in [-0.05, 0) is 54.0 Å². The number of para-hydroxylation sites is 2. The predicted molar refractivity (Wildman–Crippen MR) is 179 cm³/mol. The minimum atomic E-state index is -1.54. The number of methoxy groups -OCH3 is 1. The van der Waals surface area contributed by atoms with Crippen molar-refractivity contribution in [2.45, 2.75) is 30.3 Å². The number of halogens is 1. The fourth-order valence-electron chi connectivity index (χ4n) is 8.09. The molecule has 10 nitrogen and oxygen atoms in total. The third-order valence-corrected chi connectivity index (χ3v) is 10.2. The molecule has 1 aromatic heterocycles. The summed E-state index contributed by atoms with van der Waals surface area (Å²) in [4.78, 5) is 59.2. The minimum absolute atomic E-state index is 0.0383. The molecule has 240 valence electrons. The zero-order valence-electron chi connectivity index (χ0n) is 25.7. The van der Waals surface area contributed by atoms with Gasteiger partial charge in [0, 0.05) is 16.5 Å². The number of benzene rings is 4. The van der Waals surface area contributed by atoms with Gasteiger partial charge in [0.2, 0.25) is 11.8 Å². The molecular formula is C37H29ClN4O6. The summed E-state index contributed by atoms with van der Waals surface area (Å²) in [6.45, 7) is 0.0383. The van der Waals surface area contributed by atoms with Gasteiger partial charge in [0.05, 0.1) is 42.4 Å². The Bertz CT molecular complexity index is 2270. The zero-order chi connectivity index (χ0) is 33.3. The number of nitrogens with zero attached hydrogens (tertiary/aromatic N) is 4. The average Bonchev–Trinajstić information content (AvgIpc) is 3.50. The second kappa shape index (κ2) is 11.0. The van der Waals surface area contributed by atoms with E-state index in [-0.39, 0.29) is 24.5 Å². The fourth-order valence-corrected chi connectivity index (χ4v) is 8.27. The summed E-state index contributed by atoms with van der Waals surface area (Å²) in [5, 5.41) is 12.1. The summed E-state index contributed by atoms with van der Waals surface area (Å²) in [5.74, 6) is -2.87. The van der Waals surface area contributed by atoms with E-state index in [1.54, 1.807) is 72.8 Å². The quantitative estimate of drug-likeness (QED) is 0.210. The Kier molecular flexibility index (Phi) is 6.81. The lowest BCUT2D eigenvalue weighted by molar-refractivity contribution is -0.124. The molecule has 11 heteroatoms. The molecule has 4 atom stereocenters. The molecule has 5 aromatic rings. The Balaban J connectivity index is 1.44. The number of fused-ring (bicyclic) bond motifs is 4. The number of amides is 2. The number of phenols is 1. The van der Waals surface area contributed by atoms with Crippen molar-refractivity contribution in [2.24, 2.45) is 5.92 Å². The number of hydrogen-bond acceptors (Lipinski definition) is 6. The summed E-state index contributed by atoms with van der Waals surface area (Å²) < 4.78 is 9.40. The molecule has 1 aliphatic carbocycles. The number of aromatic nitrogens is 3. The highest BCUT2D eigenvalue weighted by Gasteiger charge is 2.69. The lowest BCUT2D eigenvalue weighted by Gasteiger charge is -2.49. The second-order valence-corrected chi connectivity index (χ2v) is 12.6. The molecule has 48 heavy (non-hydrogen) atoms. The molecular weight excluding hydrogens is 632 g/mol. The Morgan fingerprint density at radius 2 is 1.52 bits per heavy atom. The second-order valence-electron chi connectivity index (χ2n) is 12.2. The number of imide groups is 1. The van der Waals surface area contributed by atoms with Crippen molar-refractivity contribution in [2.75, 3.05) is 12.0 Å². The number of anilines is 1. The van der Waals surface area contributed by atoms with E-state index in [9.17, 15) is 19.5 Å². The van der Waals surface area contributed by atoms with Crippen LogP contribution in [0.15, 0.2) is 124 Å². The molecule has 1 saturated carbocycles. The molecule has 3 heterocycles. The van der Waals surface area contributed by atoms with E-state index in [4.69, 9.17) is 16.3 Å². The van der Waals surface area contributed by atoms with Crippen LogP contribution in [-0.4, -0.2) is 38.0 Å². The molecule has 1 saturated heterocycles. The van der Waals surface area contributed by atoms with Crippen LogP contribution in [0.1, 0.15) is 29.5 Å². The molecule has 4 aromatic carbocycles. The van der Waals surface area contributed by atoms with E-state index in [1.807, 2.05) is 36.4 Å². The van der Waals surface area contributed by atoms with Gasteiger partial charge in [-0.1, -0.05) is 84.4 Å². The number of aromatic hydroxyl groups is 1. The highest BCUT2D eigenvalue weighted by molar-refractivity contribution is 6.32. The van der Waals surface area contributed by atoms with Crippen LogP contribution in [0, 0.1) is 5.92 Å². The van der Waals surface area contributed by atoms with E-state index in [0.717, 1.165) is 4.57 Å².